The van der Waals surface area contributed by atoms with Crippen LogP contribution in [0, 0.1) is 0 Å². The maximum atomic E-state index is 11.4. The molecule has 1 heterocycles. The molecule has 0 spiro atoms. The van der Waals surface area contributed by atoms with Crippen molar-refractivity contribution < 1.29 is 9.53 Å². The Morgan fingerprint density at radius 1 is 1.92 bits per heavy atom. The molecule has 0 saturated carbocycles. The van der Waals surface area contributed by atoms with E-state index in [0.29, 0.717) is 6.61 Å². The van der Waals surface area contributed by atoms with Gasteiger partial charge in [-0.1, -0.05) is 27.9 Å². The van der Waals surface area contributed by atoms with Gasteiger partial charge in [-0.2, -0.15) is 0 Å². The van der Waals surface area contributed by atoms with Crippen LogP contribution < -0.4 is 4.72 Å². The number of hydrogen-bond donors (Lipinski definition) is 1. The molecule has 0 aliphatic carbocycles. The van der Waals surface area contributed by atoms with Gasteiger partial charge in [0.1, 0.15) is 0 Å². The van der Waals surface area contributed by atoms with Gasteiger partial charge in [-0.15, -0.1) is 0 Å². The van der Waals surface area contributed by atoms with Gasteiger partial charge < -0.3 is 4.74 Å². The fourth-order valence-electron chi connectivity index (χ4n) is 0.780. The number of carbonyl (C=O) groups excluding carboxylic acids is 1. The minimum absolute atomic E-state index is 0.252. The number of ether oxygens (including phenoxy) is 1. The summed E-state index contributed by atoms with van der Waals surface area (Å²) in [5.74, 6) is -0.252. The minimum Gasteiger partial charge on any atom is -0.464 e. The Morgan fingerprint density at radius 2 is 2.58 bits per heavy atom. The van der Waals surface area contributed by atoms with E-state index in [1.165, 1.54) is 11.9 Å². The number of nitrogens with one attached hydrogen (secondary N) is 1. The molecule has 0 saturated heterocycles. The van der Waals surface area contributed by atoms with Gasteiger partial charge in [0, 0.05) is 4.48 Å². The molecule has 0 aromatic rings. The zero-order chi connectivity index (χ0) is 9.19. The first-order chi connectivity index (χ1) is 5.61. The van der Waals surface area contributed by atoms with Crippen LogP contribution in [-0.2, 0) is 9.53 Å². The smallest absolute Gasteiger partial charge is 0.332 e. The van der Waals surface area contributed by atoms with E-state index in [2.05, 4.69) is 20.7 Å². The summed E-state index contributed by atoms with van der Waals surface area (Å²) in [6.45, 7) is 3.98. The molecule has 1 unspecified atom stereocenters. The van der Waals surface area contributed by atoms with Gasteiger partial charge in [-0.25, -0.2) is 9.52 Å². The molecule has 0 bridgehead atoms. The molecule has 0 amide bonds. The highest BCUT2D eigenvalue weighted by molar-refractivity contribution is 9.12. The molecule has 1 aliphatic rings. The van der Waals surface area contributed by atoms with E-state index < -0.39 is 5.54 Å². The van der Waals surface area contributed by atoms with Gasteiger partial charge in [-0.05, 0) is 19.3 Å². The van der Waals surface area contributed by atoms with E-state index in [9.17, 15) is 4.79 Å². The van der Waals surface area contributed by atoms with E-state index in [1.807, 2.05) is 5.41 Å². The van der Waals surface area contributed by atoms with Gasteiger partial charge >= 0.3 is 5.97 Å². The van der Waals surface area contributed by atoms with E-state index in [0.717, 1.165) is 4.48 Å². The van der Waals surface area contributed by atoms with Crippen LogP contribution in [0.1, 0.15) is 13.8 Å². The highest BCUT2D eigenvalue weighted by atomic mass is 79.9. The molecule has 3 nitrogen and oxygen atoms in total. The highest BCUT2D eigenvalue weighted by Gasteiger charge is 2.40. The average molecular weight is 252 g/mol. The van der Waals surface area contributed by atoms with Crippen LogP contribution in [0.25, 0.3) is 0 Å². The largest absolute Gasteiger partial charge is 0.464 e. The Morgan fingerprint density at radius 3 is 3.00 bits per heavy atom. The topological polar surface area (TPSA) is 38.3 Å². The summed E-state index contributed by atoms with van der Waals surface area (Å²) >= 11 is 4.69. The van der Waals surface area contributed by atoms with Crippen molar-refractivity contribution in [1.29, 1.82) is 0 Å². The molecule has 0 aromatic heterocycles. The predicted octanol–water partition coefficient (Wildman–Crippen LogP) is 1.80. The summed E-state index contributed by atoms with van der Waals surface area (Å²) in [5, 5.41) is 1.84. The van der Waals surface area contributed by atoms with E-state index in [-0.39, 0.29) is 5.97 Å². The van der Waals surface area contributed by atoms with Crippen molar-refractivity contribution in [1.82, 2.24) is 4.72 Å². The molecular formula is C7H10BrNO2S. The van der Waals surface area contributed by atoms with Crippen molar-refractivity contribution >= 4 is 33.8 Å². The highest BCUT2D eigenvalue weighted by Crippen LogP contribution is 2.33. The van der Waals surface area contributed by atoms with Gasteiger partial charge in [0.15, 0.2) is 5.54 Å². The lowest BCUT2D eigenvalue weighted by molar-refractivity contribution is -0.147. The molecule has 1 atom stereocenters. The first-order valence-electron chi connectivity index (χ1n) is 3.57. The van der Waals surface area contributed by atoms with Crippen molar-refractivity contribution in [2.24, 2.45) is 0 Å². The van der Waals surface area contributed by atoms with E-state index in [1.54, 1.807) is 13.8 Å². The zero-order valence-electron chi connectivity index (χ0n) is 6.89. The third-order valence-electron chi connectivity index (χ3n) is 1.59. The molecule has 68 valence electrons. The standard InChI is InChI=1S/C7H10BrNO2S/c1-3-11-6(10)7(2)5(8)4-12-9-7/h4,9H,3H2,1-2H3. The number of halogens is 1. The third-order valence-corrected chi connectivity index (χ3v) is 3.79. The summed E-state index contributed by atoms with van der Waals surface area (Å²) < 4.78 is 8.70. The van der Waals surface area contributed by atoms with Gasteiger partial charge in [0.05, 0.1) is 6.61 Å². The summed E-state index contributed by atoms with van der Waals surface area (Å²) in [4.78, 5) is 11.4. The van der Waals surface area contributed by atoms with Crippen LogP contribution >= 0.6 is 27.9 Å². The lowest BCUT2D eigenvalue weighted by Gasteiger charge is -2.21. The fourth-order valence-corrected chi connectivity index (χ4v) is 2.28. The van der Waals surface area contributed by atoms with Crippen molar-refractivity contribution in [2.75, 3.05) is 6.61 Å². The normalized spacial score (nSPS) is 28.4. The number of rotatable bonds is 2. The molecule has 5 heteroatoms. The minimum atomic E-state index is -0.708. The number of esters is 1. The molecule has 1 rings (SSSR count). The summed E-state index contributed by atoms with van der Waals surface area (Å²) in [5.41, 5.74) is -0.708. The maximum Gasteiger partial charge on any atom is 0.332 e. The molecule has 0 radical (unpaired) electrons. The SMILES string of the molecule is CCOC(=O)C1(C)NSC=C1Br. The fraction of sp³-hybridized carbons (Fsp3) is 0.571. The van der Waals surface area contributed by atoms with Crippen LogP contribution in [0.2, 0.25) is 0 Å². The van der Waals surface area contributed by atoms with Crippen LogP contribution in [0.4, 0.5) is 0 Å². The molecular weight excluding hydrogens is 242 g/mol. The average Bonchev–Trinajstić information content (AvgIpc) is 2.34. The first-order valence-corrected chi connectivity index (χ1v) is 5.24. The summed E-state index contributed by atoms with van der Waals surface area (Å²) in [6.07, 6.45) is 0. The van der Waals surface area contributed by atoms with Gasteiger partial charge in [0.2, 0.25) is 0 Å². The molecule has 1 N–H and O–H groups in total. The second-order valence-corrected chi connectivity index (χ2v) is 4.06. The van der Waals surface area contributed by atoms with Gasteiger partial charge in [-0.3, -0.25) is 0 Å². The summed E-state index contributed by atoms with van der Waals surface area (Å²) in [7, 11) is 0. The quantitative estimate of drug-likeness (QED) is 0.600. The Balaban J connectivity index is 2.72. The third kappa shape index (κ3) is 1.67. The molecule has 0 aromatic carbocycles. The Bertz CT molecular complexity index is 231. The molecule has 12 heavy (non-hydrogen) atoms. The lowest BCUT2D eigenvalue weighted by Crippen LogP contribution is -2.45. The summed E-state index contributed by atoms with van der Waals surface area (Å²) in [6, 6.07) is 0. The first kappa shape index (κ1) is 10.1. The zero-order valence-corrected chi connectivity index (χ0v) is 9.29. The van der Waals surface area contributed by atoms with Crippen LogP contribution in [0.3, 0.4) is 0 Å². The Labute approximate surface area is 84.2 Å². The number of carbonyl (C=O) groups is 1. The second-order valence-electron chi connectivity index (χ2n) is 2.53. The number of hydrogen-bond acceptors (Lipinski definition) is 4. The molecule has 1 aliphatic heterocycles. The lowest BCUT2D eigenvalue weighted by atomic mass is 10.1. The Kier molecular flexibility index (Phi) is 3.20. The Hall–Kier alpha value is -0.000000000000000111. The second kappa shape index (κ2) is 3.81. The molecule has 0 fully saturated rings. The van der Waals surface area contributed by atoms with Crippen LogP contribution in [-0.4, -0.2) is 18.1 Å². The van der Waals surface area contributed by atoms with E-state index >= 15 is 0 Å². The van der Waals surface area contributed by atoms with Crippen molar-refractivity contribution in [2.45, 2.75) is 19.4 Å². The van der Waals surface area contributed by atoms with E-state index in [4.69, 9.17) is 4.74 Å². The van der Waals surface area contributed by atoms with Crippen LogP contribution in [0.5, 0.6) is 0 Å². The van der Waals surface area contributed by atoms with Crippen LogP contribution in [0.15, 0.2) is 9.89 Å². The van der Waals surface area contributed by atoms with Crippen molar-refractivity contribution in [3.63, 3.8) is 0 Å². The monoisotopic (exact) mass is 251 g/mol. The predicted molar refractivity (Wildman–Crippen MR) is 52.8 cm³/mol. The van der Waals surface area contributed by atoms with Crippen molar-refractivity contribution in [3.8, 4) is 0 Å². The van der Waals surface area contributed by atoms with Crippen molar-refractivity contribution in [3.05, 3.63) is 9.89 Å². The maximum absolute atomic E-state index is 11.4. The van der Waals surface area contributed by atoms with Gasteiger partial charge in [0.25, 0.3) is 0 Å².